The van der Waals surface area contributed by atoms with Crippen LogP contribution in [0.4, 0.5) is 10.1 Å². The number of ether oxygens (including phenoxy) is 1. The van der Waals surface area contributed by atoms with Crippen LogP contribution in [-0.2, 0) is 6.54 Å². The molecule has 0 saturated carbocycles. The molecule has 2 aromatic rings. The molecule has 6 heteroatoms. The van der Waals surface area contributed by atoms with Crippen LogP contribution in [-0.4, -0.2) is 11.2 Å². The first-order chi connectivity index (χ1) is 9.56. The third-order valence-corrected chi connectivity index (χ3v) is 3.00. The molecule has 4 nitrogen and oxygen atoms in total. The monoisotopic (exact) mass is 296 g/mol. The van der Waals surface area contributed by atoms with Crippen molar-refractivity contribution in [2.75, 3.05) is 12.3 Å². The molecule has 0 aliphatic carbocycles. The zero-order valence-electron chi connectivity index (χ0n) is 10.7. The third-order valence-electron chi connectivity index (χ3n) is 2.71. The van der Waals surface area contributed by atoms with E-state index in [1.54, 1.807) is 12.3 Å². The highest BCUT2D eigenvalue weighted by molar-refractivity contribution is 6.30. The first-order valence-electron chi connectivity index (χ1n) is 6.10. The Kier molecular flexibility index (Phi) is 4.63. The lowest BCUT2D eigenvalue weighted by Crippen LogP contribution is -2.20. The summed E-state index contributed by atoms with van der Waals surface area (Å²) in [6, 6.07) is 7.17. The Labute approximate surface area is 120 Å². The van der Waals surface area contributed by atoms with Crippen molar-refractivity contribution in [3.63, 3.8) is 0 Å². The van der Waals surface area contributed by atoms with Crippen LogP contribution in [0.3, 0.4) is 0 Å². The molecule has 0 spiro atoms. The first-order valence-corrected chi connectivity index (χ1v) is 6.48. The molecule has 0 aliphatic heterocycles. The maximum absolute atomic E-state index is 13.0. The van der Waals surface area contributed by atoms with Gasteiger partial charge in [0, 0.05) is 30.6 Å². The summed E-state index contributed by atoms with van der Waals surface area (Å²) in [7, 11) is 0. The Bertz CT molecular complexity index is 658. The summed E-state index contributed by atoms with van der Waals surface area (Å²) in [5, 5.41) is 0.0227. The number of pyridine rings is 1. The van der Waals surface area contributed by atoms with Gasteiger partial charge in [0.15, 0.2) is 0 Å². The second kappa shape index (κ2) is 6.43. The Morgan fingerprint density at radius 1 is 1.30 bits per heavy atom. The van der Waals surface area contributed by atoms with E-state index in [2.05, 4.69) is 0 Å². The number of rotatable bonds is 5. The summed E-state index contributed by atoms with van der Waals surface area (Å²) in [6.45, 7) is 0.891. The molecule has 0 amide bonds. The fourth-order valence-corrected chi connectivity index (χ4v) is 1.89. The summed E-state index contributed by atoms with van der Waals surface area (Å²) in [5.41, 5.74) is 6.04. The molecule has 0 aliphatic rings. The number of aryl methyl sites for hydroxylation is 1. The minimum atomic E-state index is -0.481. The van der Waals surface area contributed by atoms with Gasteiger partial charge in [-0.15, -0.1) is 0 Å². The van der Waals surface area contributed by atoms with Gasteiger partial charge in [-0.1, -0.05) is 11.6 Å². The van der Waals surface area contributed by atoms with Crippen molar-refractivity contribution in [1.29, 1.82) is 0 Å². The van der Waals surface area contributed by atoms with Gasteiger partial charge in [0.25, 0.3) is 5.56 Å². The third kappa shape index (κ3) is 3.74. The topological polar surface area (TPSA) is 57.2 Å². The van der Waals surface area contributed by atoms with Crippen molar-refractivity contribution in [3.8, 4) is 5.75 Å². The molecule has 106 valence electrons. The average molecular weight is 297 g/mol. The maximum atomic E-state index is 13.0. The van der Waals surface area contributed by atoms with E-state index in [4.69, 9.17) is 22.1 Å². The van der Waals surface area contributed by atoms with Crippen LogP contribution in [0.2, 0.25) is 5.02 Å². The second-order valence-corrected chi connectivity index (χ2v) is 4.68. The van der Waals surface area contributed by atoms with Crippen molar-refractivity contribution in [1.82, 2.24) is 4.57 Å². The van der Waals surface area contributed by atoms with Crippen LogP contribution < -0.4 is 16.0 Å². The number of hydrogen-bond acceptors (Lipinski definition) is 3. The Hall–Kier alpha value is -2.01. The van der Waals surface area contributed by atoms with Crippen LogP contribution in [0, 0.1) is 5.82 Å². The van der Waals surface area contributed by atoms with Crippen LogP contribution in [0.5, 0.6) is 5.75 Å². The molecule has 2 rings (SSSR count). The smallest absolute Gasteiger partial charge is 0.250 e. The highest BCUT2D eigenvalue weighted by Gasteiger charge is 2.02. The average Bonchev–Trinajstić information content (AvgIpc) is 2.42. The molecule has 0 radical (unpaired) electrons. The summed E-state index contributed by atoms with van der Waals surface area (Å²) in [6.07, 6.45) is 2.22. The Morgan fingerprint density at radius 2 is 2.10 bits per heavy atom. The van der Waals surface area contributed by atoms with Gasteiger partial charge in [-0.25, -0.2) is 4.39 Å². The van der Waals surface area contributed by atoms with Gasteiger partial charge >= 0.3 is 0 Å². The van der Waals surface area contributed by atoms with E-state index in [1.807, 2.05) is 0 Å². The van der Waals surface area contributed by atoms with Gasteiger partial charge in [0.05, 0.1) is 11.6 Å². The predicted molar refractivity (Wildman–Crippen MR) is 76.6 cm³/mol. The standard InChI is InChI=1S/C14H14ClFN2O2/c15-12-8-11(3-4-13(12)16)20-7-1-6-18-9-10(17)2-5-14(18)19/h2-5,8-9H,1,6-7,17H2. The number of anilines is 1. The lowest BCUT2D eigenvalue weighted by atomic mass is 10.3. The minimum absolute atomic E-state index is 0.0227. The predicted octanol–water partition coefficient (Wildman–Crippen LogP) is 2.69. The molecule has 2 N–H and O–H groups in total. The van der Waals surface area contributed by atoms with Crippen LogP contribution >= 0.6 is 11.6 Å². The molecule has 0 saturated heterocycles. The van der Waals surface area contributed by atoms with E-state index in [0.717, 1.165) is 0 Å². The maximum Gasteiger partial charge on any atom is 0.250 e. The van der Waals surface area contributed by atoms with Crippen molar-refractivity contribution >= 4 is 17.3 Å². The molecule has 0 unspecified atom stereocenters. The highest BCUT2D eigenvalue weighted by atomic mass is 35.5. The lowest BCUT2D eigenvalue weighted by Gasteiger charge is -2.08. The molecule has 20 heavy (non-hydrogen) atoms. The van der Waals surface area contributed by atoms with Crippen LogP contribution in [0.25, 0.3) is 0 Å². The van der Waals surface area contributed by atoms with Gasteiger partial charge in [-0.2, -0.15) is 0 Å². The molecular weight excluding hydrogens is 283 g/mol. The zero-order chi connectivity index (χ0) is 14.5. The van der Waals surface area contributed by atoms with Gasteiger partial charge in [-0.3, -0.25) is 4.79 Å². The zero-order valence-corrected chi connectivity index (χ0v) is 11.4. The minimum Gasteiger partial charge on any atom is -0.493 e. The lowest BCUT2D eigenvalue weighted by molar-refractivity contribution is 0.300. The van der Waals surface area contributed by atoms with Crippen molar-refractivity contribution in [3.05, 3.63) is 57.7 Å². The first kappa shape index (κ1) is 14.4. The Morgan fingerprint density at radius 3 is 2.85 bits per heavy atom. The van der Waals surface area contributed by atoms with Gasteiger partial charge < -0.3 is 15.0 Å². The largest absolute Gasteiger partial charge is 0.493 e. The number of nitrogen functional groups attached to an aromatic ring is 1. The van der Waals surface area contributed by atoms with Crippen LogP contribution in [0.1, 0.15) is 6.42 Å². The van der Waals surface area contributed by atoms with E-state index in [1.165, 1.54) is 28.8 Å². The number of nitrogens with zero attached hydrogens (tertiary/aromatic N) is 1. The van der Waals surface area contributed by atoms with Gasteiger partial charge in [0.2, 0.25) is 0 Å². The molecule has 0 bridgehead atoms. The van der Waals surface area contributed by atoms with Crippen LogP contribution in [0.15, 0.2) is 41.3 Å². The van der Waals surface area contributed by atoms with E-state index in [0.29, 0.717) is 31.0 Å². The molecular formula is C14H14ClFN2O2. The van der Waals surface area contributed by atoms with E-state index >= 15 is 0 Å². The molecule has 1 heterocycles. The Balaban J connectivity index is 1.86. The molecule has 0 atom stereocenters. The van der Waals surface area contributed by atoms with Crippen molar-refractivity contribution < 1.29 is 9.13 Å². The molecule has 0 fully saturated rings. The van der Waals surface area contributed by atoms with E-state index < -0.39 is 5.82 Å². The number of benzene rings is 1. The van der Waals surface area contributed by atoms with Crippen molar-refractivity contribution in [2.24, 2.45) is 0 Å². The number of hydrogen-bond donors (Lipinski definition) is 1. The molecule has 1 aromatic carbocycles. The van der Waals surface area contributed by atoms with Crippen molar-refractivity contribution in [2.45, 2.75) is 13.0 Å². The van der Waals surface area contributed by atoms with E-state index in [9.17, 15) is 9.18 Å². The van der Waals surface area contributed by atoms with E-state index in [-0.39, 0.29) is 10.6 Å². The number of aromatic nitrogens is 1. The normalized spacial score (nSPS) is 10.5. The molecule has 1 aromatic heterocycles. The summed E-state index contributed by atoms with van der Waals surface area (Å²) >= 11 is 5.65. The number of halogens is 2. The summed E-state index contributed by atoms with van der Waals surface area (Å²) < 4.78 is 19.9. The number of nitrogens with two attached hydrogens (primary N) is 1. The van der Waals surface area contributed by atoms with Gasteiger partial charge in [-0.05, 0) is 24.6 Å². The summed E-state index contributed by atoms with van der Waals surface area (Å²) in [5.74, 6) is 0.0154. The summed E-state index contributed by atoms with van der Waals surface area (Å²) in [4.78, 5) is 11.5. The highest BCUT2D eigenvalue weighted by Crippen LogP contribution is 2.21. The fraction of sp³-hybridized carbons (Fsp3) is 0.214. The van der Waals surface area contributed by atoms with Gasteiger partial charge in [0.1, 0.15) is 11.6 Å². The quantitative estimate of drug-likeness (QED) is 0.863. The fourth-order valence-electron chi connectivity index (χ4n) is 1.72. The SMILES string of the molecule is Nc1ccc(=O)n(CCCOc2ccc(F)c(Cl)c2)c1. The second-order valence-electron chi connectivity index (χ2n) is 4.27.